The number of ether oxygens (including phenoxy) is 1. The van der Waals surface area contributed by atoms with E-state index < -0.39 is 0 Å². The second kappa shape index (κ2) is 4.42. The van der Waals surface area contributed by atoms with Crippen LogP contribution in [0.4, 0.5) is 5.69 Å². The maximum atomic E-state index is 12.0. The van der Waals surface area contributed by atoms with Gasteiger partial charge in [-0.25, -0.2) is 0 Å². The summed E-state index contributed by atoms with van der Waals surface area (Å²) in [4.78, 5) is 19.8. The molecule has 1 saturated carbocycles. The van der Waals surface area contributed by atoms with Crippen LogP contribution in [0, 0.1) is 11.8 Å². The first-order valence-electron chi connectivity index (χ1n) is 9.42. The maximum Gasteiger partial charge on any atom is 0.302 e. The zero-order chi connectivity index (χ0) is 16.9. The molecule has 4 nitrogen and oxygen atoms in total. The second-order valence-corrected chi connectivity index (χ2v) is 8.26. The molecular formula is C21H22N2O2. The molecule has 6 aliphatic rings. The number of carbonyl (C=O) groups excluding carboxylic acids is 1. The predicted octanol–water partition coefficient (Wildman–Crippen LogP) is 2.99. The van der Waals surface area contributed by atoms with Gasteiger partial charge in [0.2, 0.25) is 0 Å². The number of piperidine rings is 4. The van der Waals surface area contributed by atoms with E-state index in [0.29, 0.717) is 23.9 Å². The Labute approximate surface area is 147 Å². The van der Waals surface area contributed by atoms with Gasteiger partial charge in [0.1, 0.15) is 6.10 Å². The second-order valence-electron chi connectivity index (χ2n) is 8.26. The van der Waals surface area contributed by atoms with Crippen molar-refractivity contribution in [3.63, 3.8) is 0 Å². The number of hydrogen-bond donors (Lipinski definition) is 0. The van der Waals surface area contributed by atoms with Crippen molar-refractivity contribution in [2.45, 2.75) is 50.3 Å². The van der Waals surface area contributed by atoms with Crippen LogP contribution in [0.5, 0.6) is 0 Å². The van der Waals surface area contributed by atoms with Crippen molar-refractivity contribution in [2.75, 3.05) is 6.54 Å². The molecule has 0 N–H and O–H groups in total. The minimum absolute atomic E-state index is 0.0763. The summed E-state index contributed by atoms with van der Waals surface area (Å²) in [7, 11) is 0. The molecule has 5 aliphatic heterocycles. The number of benzene rings is 1. The molecule has 1 unspecified atom stereocenters. The summed E-state index contributed by atoms with van der Waals surface area (Å²) >= 11 is 0. The Hall–Kier alpha value is -1.94. The number of carbonyl (C=O) groups is 1. The van der Waals surface area contributed by atoms with Crippen LogP contribution in [0.25, 0.3) is 0 Å². The number of hydrogen-bond acceptors (Lipinski definition) is 4. The molecule has 1 aromatic rings. The van der Waals surface area contributed by atoms with Gasteiger partial charge < -0.3 is 4.74 Å². The minimum atomic E-state index is -0.184. The van der Waals surface area contributed by atoms with Crippen molar-refractivity contribution in [3.05, 3.63) is 41.5 Å². The number of esters is 1. The van der Waals surface area contributed by atoms with Crippen LogP contribution in [-0.4, -0.2) is 41.3 Å². The number of aliphatic imine (C=N–C) groups is 1. The van der Waals surface area contributed by atoms with Crippen LogP contribution in [-0.2, 0) is 14.9 Å². The Bertz CT molecular complexity index is 872. The third-order valence-corrected chi connectivity index (χ3v) is 7.48. The van der Waals surface area contributed by atoms with E-state index in [-0.39, 0.29) is 17.5 Å². The maximum absolute atomic E-state index is 12.0. The van der Waals surface area contributed by atoms with Crippen LogP contribution >= 0.6 is 0 Å². The average Bonchev–Trinajstić information content (AvgIpc) is 3.09. The van der Waals surface area contributed by atoms with Gasteiger partial charge in [0.05, 0.1) is 22.9 Å². The van der Waals surface area contributed by atoms with Gasteiger partial charge in [0.25, 0.3) is 0 Å². The number of nitrogens with zero attached hydrogens (tertiary/aromatic N) is 2. The summed E-state index contributed by atoms with van der Waals surface area (Å²) in [5.74, 6) is 0.778. The first-order chi connectivity index (χ1) is 12.1. The van der Waals surface area contributed by atoms with E-state index in [9.17, 15) is 4.79 Å². The quantitative estimate of drug-likeness (QED) is 0.586. The first-order valence-corrected chi connectivity index (χ1v) is 9.42. The molecule has 7 rings (SSSR count). The highest BCUT2D eigenvalue weighted by Gasteiger charge is 2.73. The fraction of sp³-hybridized carbons (Fsp3) is 0.524. The molecule has 0 aromatic heterocycles. The Morgan fingerprint density at radius 1 is 1.40 bits per heavy atom. The predicted molar refractivity (Wildman–Crippen MR) is 95.0 cm³/mol. The smallest absolute Gasteiger partial charge is 0.302 e. The zero-order valence-corrected chi connectivity index (χ0v) is 14.6. The van der Waals surface area contributed by atoms with E-state index in [4.69, 9.17) is 9.73 Å². The van der Waals surface area contributed by atoms with Crippen LogP contribution in [0.1, 0.15) is 32.3 Å². The van der Waals surface area contributed by atoms with E-state index in [2.05, 4.69) is 42.2 Å². The molecule has 7 atom stereocenters. The van der Waals surface area contributed by atoms with E-state index in [0.717, 1.165) is 25.1 Å². The summed E-state index contributed by atoms with van der Waals surface area (Å²) < 4.78 is 6.09. The first kappa shape index (κ1) is 14.3. The molecule has 5 fully saturated rings. The number of para-hydroxylation sites is 1. The van der Waals surface area contributed by atoms with Gasteiger partial charge in [-0.3, -0.25) is 14.7 Å². The lowest BCUT2D eigenvalue weighted by atomic mass is 9.66. The fourth-order valence-electron chi connectivity index (χ4n) is 6.78. The highest BCUT2D eigenvalue weighted by atomic mass is 16.5. The van der Waals surface area contributed by atoms with Crippen LogP contribution in [0.3, 0.4) is 0 Å². The van der Waals surface area contributed by atoms with Gasteiger partial charge in [-0.05, 0) is 37.3 Å². The van der Waals surface area contributed by atoms with Crippen molar-refractivity contribution in [1.29, 1.82) is 0 Å². The summed E-state index contributed by atoms with van der Waals surface area (Å²) in [5.41, 5.74) is 5.00. The van der Waals surface area contributed by atoms with Gasteiger partial charge in [-0.2, -0.15) is 0 Å². The normalized spacial score (nSPS) is 46.2. The van der Waals surface area contributed by atoms with Crippen molar-refractivity contribution in [2.24, 2.45) is 16.8 Å². The molecule has 5 heterocycles. The van der Waals surface area contributed by atoms with Gasteiger partial charge in [0, 0.05) is 25.4 Å². The number of allylic oxidation sites excluding steroid dienone is 1. The molecule has 4 saturated heterocycles. The average molecular weight is 334 g/mol. The summed E-state index contributed by atoms with van der Waals surface area (Å²) in [6, 6.07) is 9.42. The Balaban J connectivity index is 1.62. The van der Waals surface area contributed by atoms with E-state index in [1.165, 1.54) is 16.8 Å². The van der Waals surface area contributed by atoms with Gasteiger partial charge in [0.15, 0.2) is 0 Å². The topological polar surface area (TPSA) is 41.9 Å². The Morgan fingerprint density at radius 3 is 3.04 bits per heavy atom. The lowest BCUT2D eigenvalue weighted by Gasteiger charge is -2.55. The van der Waals surface area contributed by atoms with Crippen molar-refractivity contribution < 1.29 is 9.53 Å². The molecular weight excluding hydrogens is 312 g/mol. The molecule has 1 aromatic carbocycles. The molecule has 128 valence electrons. The van der Waals surface area contributed by atoms with Crippen molar-refractivity contribution in [3.8, 4) is 0 Å². The van der Waals surface area contributed by atoms with E-state index in [1.807, 2.05) is 0 Å². The van der Waals surface area contributed by atoms with Crippen LogP contribution in [0.2, 0.25) is 0 Å². The number of fused-ring (bicyclic) bond motifs is 2. The molecule has 0 radical (unpaired) electrons. The molecule has 1 spiro atoms. The Morgan fingerprint density at radius 2 is 2.24 bits per heavy atom. The van der Waals surface area contributed by atoms with Crippen LogP contribution < -0.4 is 0 Å². The van der Waals surface area contributed by atoms with E-state index in [1.54, 1.807) is 6.92 Å². The molecule has 4 heteroatoms. The van der Waals surface area contributed by atoms with E-state index >= 15 is 0 Å². The third kappa shape index (κ3) is 1.46. The van der Waals surface area contributed by atoms with Crippen molar-refractivity contribution >= 4 is 17.4 Å². The van der Waals surface area contributed by atoms with Crippen LogP contribution in [0.15, 0.2) is 40.9 Å². The molecule has 25 heavy (non-hydrogen) atoms. The largest absolute Gasteiger partial charge is 0.461 e. The van der Waals surface area contributed by atoms with Gasteiger partial charge in [-0.1, -0.05) is 29.8 Å². The summed E-state index contributed by atoms with van der Waals surface area (Å²) in [5, 5.41) is 0. The SMILES string of the molecule is C/C=C1/CN2[C@H]3C[C@@H]1[C@@H]1[C@@H](OC(C)=O)[C@@]4(C[C@@H]12)C3=Nc1ccccc14. The highest BCUT2D eigenvalue weighted by Crippen LogP contribution is 2.66. The molecule has 5 bridgehead atoms. The monoisotopic (exact) mass is 334 g/mol. The molecule has 1 aliphatic carbocycles. The zero-order valence-electron chi connectivity index (χ0n) is 14.6. The number of rotatable bonds is 1. The standard InChI is InChI=1S/C21H22N2O2/c1-3-12-10-23-16-8-13(12)18-17(23)9-21(20(18)25-11(2)24)14-6-4-5-7-15(14)22-19(16)21/h3-7,13,16-18,20H,8-10H2,1-2H3/b12-3-/t13-,16-,17-,18-,20+,21+/m0/s1. The lowest BCUT2D eigenvalue weighted by Crippen LogP contribution is -2.64. The minimum Gasteiger partial charge on any atom is -0.461 e. The summed E-state index contributed by atoms with van der Waals surface area (Å²) in [6.45, 7) is 4.77. The Kier molecular flexibility index (Phi) is 2.52. The summed E-state index contributed by atoms with van der Waals surface area (Å²) in [6.07, 6.45) is 4.40. The van der Waals surface area contributed by atoms with Gasteiger partial charge >= 0.3 is 5.97 Å². The molecule has 0 amide bonds. The fourth-order valence-corrected chi connectivity index (χ4v) is 6.78. The van der Waals surface area contributed by atoms with Crippen molar-refractivity contribution in [1.82, 2.24) is 4.90 Å². The lowest BCUT2D eigenvalue weighted by molar-refractivity contribution is -0.152. The highest BCUT2D eigenvalue weighted by molar-refractivity contribution is 6.08. The van der Waals surface area contributed by atoms with Gasteiger partial charge in [-0.15, -0.1) is 0 Å². The third-order valence-electron chi connectivity index (χ3n) is 7.48.